The molecular formula is C18H18N2O3S. The van der Waals surface area contributed by atoms with E-state index in [9.17, 15) is 9.59 Å². The second-order valence-corrected chi connectivity index (χ2v) is 6.38. The van der Waals surface area contributed by atoms with Gasteiger partial charge in [0.1, 0.15) is 5.75 Å². The minimum absolute atomic E-state index is 0.170. The lowest BCUT2D eigenvalue weighted by molar-refractivity contribution is -0.131. The molecular weight excluding hydrogens is 324 g/mol. The molecule has 2 rings (SSSR count). The van der Waals surface area contributed by atoms with Crippen LogP contribution in [0.15, 0.2) is 64.6 Å². The number of thioether (sulfide) groups is 1. The highest BCUT2D eigenvalue weighted by atomic mass is 32.2. The molecule has 0 unspecified atom stereocenters. The van der Waals surface area contributed by atoms with Crippen LogP contribution in [0.1, 0.15) is 19.4 Å². The molecule has 0 fully saturated rings. The topological polar surface area (TPSA) is 67.8 Å². The number of benzene rings is 2. The Morgan fingerprint density at radius 3 is 2.42 bits per heavy atom. The minimum Gasteiger partial charge on any atom is -0.427 e. The van der Waals surface area contributed by atoms with Crippen LogP contribution in [0.4, 0.5) is 0 Å². The minimum atomic E-state index is -0.367. The molecule has 1 atom stereocenters. The number of carbonyl (C=O) groups is 2. The highest BCUT2D eigenvalue weighted by Crippen LogP contribution is 2.22. The summed E-state index contributed by atoms with van der Waals surface area (Å²) in [7, 11) is 0. The van der Waals surface area contributed by atoms with E-state index in [2.05, 4.69) is 10.5 Å². The number of carbonyl (C=O) groups excluding carboxylic acids is 2. The number of amides is 1. The fourth-order valence-corrected chi connectivity index (χ4v) is 2.69. The zero-order valence-corrected chi connectivity index (χ0v) is 14.2. The van der Waals surface area contributed by atoms with Gasteiger partial charge in [-0.2, -0.15) is 5.10 Å². The number of esters is 1. The van der Waals surface area contributed by atoms with Gasteiger partial charge < -0.3 is 4.74 Å². The van der Waals surface area contributed by atoms with Crippen molar-refractivity contribution in [2.75, 3.05) is 0 Å². The van der Waals surface area contributed by atoms with Crippen molar-refractivity contribution in [2.45, 2.75) is 24.0 Å². The molecule has 2 aromatic carbocycles. The maximum atomic E-state index is 12.0. The van der Waals surface area contributed by atoms with E-state index in [1.807, 2.05) is 37.3 Å². The summed E-state index contributed by atoms with van der Waals surface area (Å²) in [6.45, 7) is 3.18. The van der Waals surface area contributed by atoms with Gasteiger partial charge in [-0.05, 0) is 48.9 Å². The number of rotatable bonds is 6. The number of hydrogen-bond donors (Lipinski definition) is 1. The van der Waals surface area contributed by atoms with Crippen LogP contribution >= 0.6 is 11.8 Å². The molecule has 24 heavy (non-hydrogen) atoms. The Kier molecular flexibility index (Phi) is 6.57. The Bertz CT molecular complexity index is 715. The first-order valence-corrected chi connectivity index (χ1v) is 8.25. The lowest BCUT2D eigenvalue weighted by atomic mass is 10.2. The van der Waals surface area contributed by atoms with Crippen LogP contribution in [0.25, 0.3) is 0 Å². The van der Waals surface area contributed by atoms with Gasteiger partial charge in [0.2, 0.25) is 0 Å². The van der Waals surface area contributed by atoms with Crippen molar-refractivity contribution in [1.82, 2.24) is 5.43 Å². The second kappa shape index (κ2) is 8.88. The highest BCUT2D eigenvalue weighted by molar-refractivity contribution is 8.00. The zero-order valence-electron chi connectivity index (χ0n) is 13.4. The average molecular weight is 342 g/mol. The van der Waals surface area contributed by atoms with Crippen LogP contribution in [0.3, 0.4) is 0 Å². The summed E-state index contributed by atoms with van der Waals surface area (Å²) in [4.78, 5) is 23.9. The average Bonchev–Trinajstić information content (AvgIpc) is 2.56. The van der Waals surface area contributed by atoms with Crippen molar-refractivity contribution in [1.29, 1.82) is 0 Å². The van der Waals surface area contributed by atoms with Crippen LogP contribution in [0.5, 0.6) is 5.75 Å². The predicted molar refractivity (Wildman–Crippen MR) is 95.2 cm³/mol. The van der Waals surface area contributed by atoms with Crippen molar-refractivity contribution in [3.63, 3.8) is 0 Å². The SMILES string of the molecule is CC(=O)Oc1ccc(/C=N\NC(=O)[C@H](C)Sc2ccccc2)cc1. The molecule has 6 heteroatoms. The van der Waals surface area contributed by atoms with Gasteiger partial charge in [0.25, 0.3) is 5.91 Å². The summed E-state index contributed by atoms with van der Waals surface area (Å²) in [6, 6.07) is 16.6. The van der Waals surface area contributed by atoms with Crippen molar-refractivity contribution in [2.24, 2.45) is 5.10 Å². The maximum Gasteiger partial charge on any atom is 0.308 e. The smallest absolute Gasteiger partial charge is 0.308 e. The van der Waals surface area contributed by atoms with E-state index < -0.39 is 0 Å². The summed E-state index contributed by atoms with van der Waals surface area (Å²) in [6.07, 6.45) is 1.54. The fourth-order valence-electron chi connectivity index (χ4n) is 1.81. The quantitative estimate of drug-likeness (QED) is 0.288. The van der Waals surface area contributed by atoms with E-state index in [1.165, 1.54) is 24.9 Å². The first-order valence-electron chi connectivity index (χ1n) is 7.37. The molecule has 5 nitrogen and oxygen atoms in total. The first kappa shape index (κ1) is 17.7. The third-order valence-electron chi connectivity index (χ3n) is 2.96. The molecule has 0 aliphatic rings. The molecule has 1 N–H and O–H groups in total. The lowest BCUT2D eigenvalue weighted by Gasteiger charge is -2.09. The van der Waals surface area contributed by atoms with Gasteiger partial charge in [0.05, 0.1) is 11.5 Å². The zero-order chi connectivity index (χ0) is 17.4. The molecule has 2 aromatic rings. The molecule has 0 spiro atoms. The van der Waals surface area contributed by atoms with Crippen molar-refractivity contribution < 1.29 is 14.3 Å². The van der Waals surface area contributed by atoms with Crippen LogP contribution in [0.2, 0.25) is 0 Å². The van der Waals surface area contributed by atoms with Gasteiger partial charge in [0, 0.05) is 11.8 Å². The highest BCUT2D eigenvalue weighted by Gasteiger charge is 2.13. The third-order valence-corrected chi connectivity index (χ3v) is 4.07. The number of hydrogen-bond acceptors (Lipinski definition) is 5. The fraction of sp³-hybridized carbons (Fsp3) is 0.167. The Balaban J connectivity index is 1.84. The van der Waals surface area contributed by atoms with Crippen LogP contribution in [-0.2, 0) is 9.59 Å². The van der Waals surface area contributed by atoms with Gasteiger partial charge in [-0.15, -0.1) is 11.8 Å². The van der Waals surface area contributed by atoms with Gasteiger partial charge >= 0.3 is 5.97 Å². The third kappa shape index (κ3) is 5.89. The molecule has 0 saturated carbocycles. The molecule has 0 saturated heterocycles. The summed E-state index contributed by atoms with van der Waals surface area (Å²) in [5.41, 5.74) is 3.31. The molecule has 1 amide bonds. The van der Waals surface area contributed by atoms with Crippen molar-refractivity contribution in [3.05, 3.63) is 60.2 Å². The largest absolute Gasteiger partial charge is 0.427 e. The summed E-state index contributed by atoms with van der Waals surface area (Å²) in [5.74, 6) is -0.0678. The summed E-state index contributed by atoms with van der Waals surface area (Å²) < 4.78 is 4.94. The summed E-state index contributed by atoms with van der Waals surface area (Å²) >= 11 is 1.47. The van der Waals surface area contributed by atoms with E-state index >= 15 is 0 Å². The second-order valence-electron chi connectivity index (χ2n) is 4.97. The van der Waals surface area contributed by atoms with Gasteiger partial charge in [-0.3, -0.25) is 9.59 Å². The van der Waals surface area contributed by atoms with Gasteiger partial charge in [0.15, 0.2) is 0 Å². The van der Waals surface area contributed by atoms with Crippen LogP contribution < -0.4 is 10.2 Å². The predicted octanol–water partition coefficient (Wildman–Crippen LogP) is 3.24. The molecule has 0 aliphatic carbocycles. The van der Waals surface area contributed by atoms with E-state index in [1.54, 1.807) is 24.3 Å². The van der Waals surface area contributed by atoms with E-state index in [0.29, 0.717) is 5.75 Å². The molecule has 0 bridgehead atoms. The molecule has 0 aromatic heterocycles. The van der Waals surface area contributed by atoms with Gasteiger partial charge in [-0.25, -0.2) is 5.43 Å². The first-order chi connectivity index (χ1) is 11.5. The molecule has 124 valence electrons. The van der Waals surface area contributed by atoms with Crippen molar-refractivity contribution in [3.8, 4) is 5.75 Å². The lowest BCUT2D eigenvalue weighted by Crippen LogP contribution is -2.26. The molecule has 0 radical (unpaired) electrons. The molecule has 0 heterocycles. The standard InChI is InChI=1S/C18H18N2O3S/c1-13(24-17-6-4-3-5-7-17)18(22)20-19-12-15-8-10-16(11-9-15)23-14(2)21/h3-13H,1-2H3,(H,20,22)/b19-12-/t13-/m0/s1. The van der Waals surface area contributed by atoms with E-state index in [-0.39, 0.29) is 17.1 Å². The Morgan fingerprint density at radius 2 is 1.79 bits per heavy atom. The molecule has 0 aliphatic heterocycles. The van der Waals surface area contributed by atoms with E-state index in [4.69, 9.17) is 4.74 Å². The maximum absolute atomic E-state index is 12.0. The number of nitrogens with one attached hydrogen (secondary N) is 1. The Labute approximate surface area is 145 Å². The number of ether oxygens (including phenoxy) is 1. The van der Waals surface area contributed by atoms with Gasteiger partial charge in [-0.1, -0.05) is 18.2 Å². The van der Waals surface area contributed by atoms with Crippen LogP contribution in [-0.4, -0.2) is 23.3 Å². The Morgan fingerprint density at radius 1 is 1.12 bits per heavy atom. The van der Waals surface area contributed by atoms with Crippen molar-refractivity contribution >= 4 is 29.9 Å². The number of hydrazone groups is 1. The summed E-state index contributed by atoms with van der Waals surface area (Å²) in [5, 5.41) is 3.70. The number of nitrogens with zero attached hydrogens (tertiary/aromatic N) is 1. The monoisotopic (exact) mass is 342 g/mol. The normalized spacial score (nSPS) is 11.9. The van der Waals surface area contributed by atoms with Crippen LogP contribution in [0, 0.1) is 0 Å². The van der Waals surface area contributed by atoms with E-state index in [0.717, 1.165) is 10.5 Å². The Hall–Kier alpha value is -2.60.